The van der Waals surface area contributed by atoms with Crippen molar-refractivity contribution in [3.8, 4) is 5.75 Å². The second kappa shape index (κ2) is 8.14. The van der Waals surface area contributed by atoms with Gasteiger partial charge in [0.05, 0.1) is 21.3 Å². The Morgan fingerprint density at radius 3 is 2.52 bits per heavy atom. The number of hydrogen-bond acceptors (Lipinski definition) is 6. The Morgan fingerprint density at radius 1 is 1.19 bits per heavy atom. The fourth-order valence-corrected chi connectivity index (χ4v) is 6.31. The lowest BCUT2D eigenvalue weighted by Crippen LogP contribution is -2.20. The van der Waals surface area contributed by atoms with Crippen LogP contribution in [0.4, 0.5) is 5.69 Å². The molecule has 0 bridgehead atoms. The van der Waals surface area contributed by atoms with E-state index >= 15 is 0 Å². The number of aliphatic hydroxyl groups excluding tert-OH is 1. The topological polar surface area (TPSA) is 93.0 Å². The molecular formula is C19H22BrNO5S. The minimum atomic E-state index is -2.41. The normalized spacial score (nSPS) is 19.7. The van der Waals surface area contributed by atoms with Crippen molar-refractivity contribution < 1.29 is 23.6 Å². The first kappa shape index (κ1) is 20.1. The van der Waals surface area contributed by atoms with E-state index in [9.17, 15) is 18.9 Å². The molecule has 1 aliphatic heterocycles. The maximum atomic E-state index is 13.1. The predicted molar refractivity (Wildman–Crippen MR) is 107 cm³/mol. The summed E-state index contributed by atoms with van der Waals surface area (Å²) in [6.07, 6.45) is 3.84. The van der Waals surface area contributed by atoms with Crippen LogP contribution in [0.3, 0.4) is 0 Å². The number of ether oxygens (including phenoxy) is 1. The molecule has 146 valence electrons. The zero-order valence-corrected chi connectivity index (χ0v) is 17.5. The van der Waals surface area contributed by atoms with E-state index < -0.39 is 15.5 Å². The molecule has 1 N–H and O–H groups in total. The number of ketones is 2. The highest BCUT2D eigenvalue weighted by molar-refractivity contribution is 9.10. The minimum absolute atomic E-state index is 0.167. The molecular weight excluding hydrogens is 434 g/mol. The largest absolute Gasteiger partial charge is 0.511 e. The predicted octanol–water partition coefficient (Wildman–Crippen LogP) is 4.49. The highest BCUT2D eigenvalue weighted by atomic mass is 79.9. The SMILES string of the molecule is COc1ccc(C(=O)C2=C(O)CCCC2=O)c(Br)c1N=S1(=O)CCCCC1. The number of carbonyl (C=O) groups is 2. The third-order valence-corrected chi connectivity index (χ3v) is 8.01. The van der Waals surface area contributed by atoms with Crippen LogP contribution >= 0.6 is 15.9 Å². The molecule has 0 radical (unpaired) electrons. The van der Waals surface area contributed by atoms with Gasteiger partial charge in [-0.25, -0.2) is 4.21 Å². The first-order valence-electron chi connectivity index (χ1n) is 8.95. The van der Waals surface area contributed by atoms with E-state index in [1.807, 2.05) is 0 Å². The third kappa shape index (κ3) is 4.11. The fraction of sp³-hybridized carbons (Fsp3) is 0.474. The molecule has 1 aromatic rings. The van der Waals surface area contributed by atoms with Crippen molar-refractivity contribution in [2.24, 2.45) is 4.36 Å². The van der Waals surface area contributed by atoms with Gasteiger partial charge in [-0.15, -0.1) is 0 Å². The van der Waals surface area contributed by atoms with Gasteiger partial charge >= 0.3 is 0 Å². The number of rotatable bonds is 4. The van der Waals surface area contributed by atoms with E-state index in [4.69, 9.17) is 4.74 Å². The second-order valence-electron chi connectivity index (χ2n) is 6.74. The van der Waals surface area contributed by atoms with E-state index in [-0.39, 0.29) is 29.1 Å². The molecule has 6 nitrogen and oxygen atoms in total. The van der Waals surface area contributed by atoms with Gasteiger partial charge < -0.3 is 9.84 Å². The van der Waals surface area contributed by atoms with Crippen LogP contribution in [0.1, 0.15) is 48.9 Å². The molecule has 0 spiro atoms. The highest BCUT2D eigenvalue weighted by Gasteiger charge is 2.30. The first-order valence-corrected chi connectivity index (χ1v) is 11.6. The molecule has 0 atom stereocenters. The van der Waals surface area contributed by atoms with Crippen molar-refractivity contribution in [3.63, 3.8) is 0 Å². The minimum Gasteiger partial charge on any atom is -0.511 e. The van der Waals surface area contributed by atoms with Crippen LogP contribution in [0.5, 0.6) is 5.75 Å². The number of methoxy groups -OCH3 is 1. The van der Waals surface area contributed by atoms with Gasteiger partial charge in [0.2, 0.25) is 5.78 Å². The molecule has 27 heavy (non-hydrogen) atoms. The van der Waals surface area contributed by atoms with Crippen LogP contribution in [-0.4, -0.2) is 39.5 Å². The van der Waals surface area contributed by atoms with E-state index in [1.165, 1.54) is 13.2 Å². The standard InChI is InChI=1S/C19H22BrNO5S/c1-26-15-9-8-12(19(24)16-13(22)6-5-7-14(16)23)17(20)18(15)21-27(25)10-3-2-4-11-27/h8-9,22H,2-7,10-11H2,1H3. The summed E-state index contributed by atoms with van der Waals surface area (Å²) >= 11 is 3.40. The average Bonchev–Trinajstić information content (AvgIpc) is 2.63. The van der Waals surface area contributed by atoms with Gasteiger partial charge in [-0.05, 0) is 47.3 Å². The third-order valence-electron chi connectivity index (χ3n) is 4.84. The molecule has 3 rings (SSSR count). The molecule has 1 aliphatic carbocycles. The van der Waals surface area contributed by atoms with Crippen molar-refractivity contribution in [2.75, 3.05) is 18.6 Å². The zero-order chi connectivity index (χ0) is 19.6. The smallest absolute Gasteiger partial charge is 0.201 e. The van der Waals surface area contributed by atoms with Gasteiger partial charge in [0.15, 0.2) is 5.78 Å². The second-order valence-corrected chi connectivity index (χ2v) is 10.1. The highest BCUT2D eigenvalue weighted by Crippen LogP contribution is 2.41. The molecule has 1 aromatic carbocycles. The lowest BCUT2D eigenvalue weighted by Gasteiger charge is -2.18. The Kier molecular flexibility index (Phi) is 6.05. The molecule has 1 saturated heterocycles. The number of aliphatic hydroxyl groups is 1. The van der Waals surface area contributed by atoms with Crippen molar-refractivity contribution in [3.05, 3.63) is 33.5 Å². The van der Waals surface area contributed by atoms with E-state index in [0.29, 0.717) is 40.3 Å². The Hall–Kier alpha value is -1.67. The monoisotopic (exact) mass is 455 g/mol. The van der Waals surface area contributed by atoms with Gasteiger partial charge in [0, 0.05) is 29.9 Å². The molecule has 0 unspecified atom stereocenters. The van der Waals surface area contributed by atoms with Crippen molar-refractivity contribution >= 4 is 42.9 Å². The van der Waals surface area contributed by atoms with Crippen LogP contribution < -0.4 is 4.74 Å². The van der Waals surface area contributed by atoms with Gasteiger partial charge in [-0.3, -0.25) is 9.59 Å². The molecule has 0 saturated carbocycles. The van der Waals surface area contributed by atoms with Gasteiger partial charge in [0.1, 0.15) is 22.8 Å². The summed E-state index contributed by atoms with van der Waals surface area (Å²) in [5.41, 5.74) is 0.351. The van der Waals surface area contributed by atoms with Crippen LogP contribution in [0.15, 0.2) is 32.3 Å². The number of Topliss-reactive ketones (excluding diaryl/α,β-unsaturated/α-hetero) is 2. The maximum absolute atomic E-state index is 13.1. The Labute approximate surface area is 167 Å². The lowest BCUT2D eigenvalue weighted by molar-refractivity contribution is -0.116. The molecule has 2 aliphatic rings. The number of hydrogen-bond donors (Lipinski definition) is 1. The van der Waals surface area contributed by atoms with Crippen molar-refractivity contribution in [2.45, 2.75) is 38.5 Å². The number of carbonyl (C=O) groups excluding carboxylic acids is 2. The number of benzene rings is 1. The van der Waals surface area contributed by atoms with Crippen LogP contribution in [0.2, 0.25) is 0 Å². The van der Waals surface area contributed by atoms with E-state index in [1.54, 1.807) is 6.07 Å². The average molecular weight is 456 g/mol. The van der Waals surface area contributed by atoms with Gasteiger partial charge in [-0.2, -0.15) is 4.36 Å². The molecule has 0 aromatic heterocycles. The van der Waals surface area contributed by atoms with Crippen molar-refractivity contribution in [1.29, 1.82) is 0 Å². The summed E-state index contributed by atoms with van der Waals surface area (Å²) in [7, 11) is -0.931. The van der Waals surface area contributed by atoms with Crippen LogP contribution in [0.25, 0.3) is 0 Å². The van der Waals surface area contributed by atoms with Gasteiger partial charge in [0.25, 0.3) is 0 Å². The summed E-state index contributed by atoms with van der Waals surface area (Å²) in [6.45, 7) is 0. The van der Waals surface area contributed by atoms with Crippen LogP contribution in [-0.2, 0) is 14.5 Å². The summed E-state index contributed by atoms with van der Waals surface area (Å²) in [6, 6.07) is 3.10. The Bertz CT molecular complexity index is 932. The Morgan fingerprint density at radius 2 is 1.89 bits per heavy atom. The zero-order valence-electron chi connectivity index (χ0n) is 15.1. The number of nitrogens with zero attached hydrogens (tertiary/aromatic N) is 1. The van der Waals surface area contributed by atoms with Crippen molar-refractivity contribution in [1.82, 2.24) is 0 Å². The summed E-state index contributed by atoms with van der Waals surface area (Å²) < 4.78 is 23.2. The van der Waals surface area contributed by atoms with E-state index in [2.05, 4.69) is 20.3 Å². The molecule has 1 heterocycles. The number of allylic oxidation sites excluding steroid dienone is 2. The van der Waals surface area contributed by atoms with E-state index in [0.717, 1.165) is 19.3 Å². The first-order chi connectivity index (χ1) is 12.9. The van der Waals surface area contributed by atoms with Crippen LogP contribution in [0, 0.1) is 0 Å². The summed E-state index contributed by atoms with van der Waals surface area (Å²) in [5.74, 6) is 0.358. The fourth-order valence-electron chi connectivity index (χ4n) is 3.38. The Balaban J connectivity index is 2.11. The molecule has 1 fully saturated rings. The molecule has 8 heteroatoms. The quantitative estimate of drug-likeness (QED) is 0.533. The number of halogens is 1. The maximum Gasteiger partial charge on any atom is 0.201 e. The summed E-state index contributed by atoms with van der Waals surface area (Å²) in [5, 5.41) is 10.1. The summed E-state index contributed by atoms with van der Waals surface area (Å²) in [4.78, 5) is 25.1. The van der Waals surface area contributed by atoms with Gasteiger partial charge in [-0.1, -0.05) is 6.42 Å². The molecule has 0 amide bonds. The lowest BCUT2D eigenvalue weighted by atomic mass is 9.90.